The number of rotatable bonds is 6. The Morgan fingerprint density at radius 3 is 2.23 bits per heavy atom. The van der Waals surface area contributed by atoms with Crippen molar-refractivity contribution < 1.29 is 28.5 Å². The van der Waals surface area contributed by atoms with Gasteiger partial charge < -0.3 is 24.3 Å². The molecule has 0 unspecified atom stereocenters. The van der Waals surface area contributed by atoms with Gasteiger partial charge in [0.05, 0.1) is 18.8 Å². The van der Waals surface area contributed by atoms with Crippen LogP contribution in [-0.2, 0) is 18.9 Å². The highest BCUT2D eigenvalue weighted by molar-refractivity contribution is 5.89. The predicted molar refractivity (Wildman–Crippen MR) is 113 cm³/mol. The van der Waals surface area contributed by atoms with Gasteiger partial charge in [0.2, 0.25) is 0 Å². The topological polar surface area (TPSA) is 83.1 Å². The first-order chi connectivity index (χ1) is 13.9. The molecular formula is C23H33NO6. The van der Waals surface area contributed by atoms with Gasteiger partial charge in [0, 0.05) is 5.92 Å². The molecule has 2 rings (SSSR count). The van der Waals surface area contributed by atoms with Crippen molar-refractivity contribution in [1.82, 2.24) is 5.32 Å². The first-order valence-corrected chi connectivity index (χ1v) is 10.1. The lowest BCUT2D eigenvalue weighted by atomic mass is 9.84. The minimum absolute atomic E-state index is 0.0736. The number of carbonyl (C=O) groups excluding carboxylic acids is 2. The minimum atomic E-state index is -1.16. The summed E-state index contributed by atoms with van der Waals surface area (Å²) in [5, 5.41) is 2.86. The summed E-state index contributed by atoms with van der Waals surface area (Å²) < 4.78 is 23.0. The van der Waals surface area contributed by atoms with Crippen LogP contribution in [0.25, 0.3) is 0 Å². The summed E-state index contributed by atoms with van der Waals surface area (Å²) in [6, 6.07) is 8.67. The van der Waals surface area contributed by atoms with Crippen molar-refractivity contribution in [2.24, 2.45) is 5.92 Å². The van der Waals surface area contributed by atoms with Crippen LogP contribution < -0.4 is 5.32 Å². The Balaban J connectivity index is 2.36. The summed E-state index contributed by atoms with van der Waals surface area (Å²) in [4.78, 5) is 25.5. The molecule has 1 saturated heterocycles. The zero-order chi connectivity index (χ0) is 22.6. The highest BCUT2D eigenvalue weighted by Gasteiger charge is 2.51. The second-order valence-electron chi connectivity index (χ2n) is 9.05. The average Bonchev–Trinajstić information content (AvgIpc) is 2.66. The molecule has 1 amide bonds. The summed E-state index contributed by atoms with van der Waals surface area (Å²) >= 11 is 0. The number of alkyl carbamates (subject to hydrolysis) is 1. The Bertz CT molecular complexity index is 743. The van der Waals surface area contributed by atoms with Gasteiger partial charge in [-0.2, -0.15) is 0 Å². The van der Waals surface area contributed by atoms with Gasteiger partial charge in [0.1, 0.15) is 17.2 Å². The van der Waals surface area contributed by atoms with Crippen molar-refractivity contribution in [3.05, 3.63) is 48.6 Å². The maximum absolute atomic E-state index is 12.8. The van der Waals surface area contributed by atoms with Gasteiger partial charge in [0.15, 0.2) is 5.79 Å². The second kappa shape index (κ2) is 9.18. The molecule has 0 spiro atoms. The zero-order valence-electron chi connectivity index (χ0n) is 18.7. The first-order valence-electron chi connectivity index (χ1n) is 10.1. The van der Waals surface area contributed by atoms with Crippen LogP contribution in [0.15, 0.2) is 43.0 Å². The monoisotopic (exact) mass is 419 g/mol. The van der Waals surface area contributed by atoms with Crippen LogP contribution in [0.1, 0.15) is 51.9 Å². The lowest BCUT2D eigenvalue weighted by Crippen LogP contribution is -2.69. The molecule has 1 heterocycles. The van der Waals surface area contributed by atoms with E-state index >= 15 is 0 Å². The number of benzene rings is 1. The molecule has 1 aliphatic heterocycles. The second-order valence-corrected chi connectivity index (χ2v) is 9.05. The van der Waals surface area contributed by atoms with Crippen LogP contribution in [0.2, 0.25) is 0 Å². The third-order valence-corrected chi connectivity index (χ3v) is 4.74. The Kier molecular flexibility index (Phi) is 7.31. The van der Waals surface area contributed by atoms with Gasteiger partial charge in [0.25, 0.3) is 0 Å². The van der Waals surface area contributed by atoms with Crippen molar-refractivity contribution in [3.8, 4) is 0 Å². The molecule has 166 valence electrons. The molecule has 0 radical (unpaired) electrons. The number of hydrogen-bond donors (Lipinski definition) is 1. The number of nitrogens with one attached hydrogen (secondary N) is 1. The van der Waals surface area contributed by atoms with E-state index in [4.69, 9.17) is 18.9 Å². The fraction of sp³-hybridized carbons (Fsp3) is 0.565. The molecule has 1 aromatic carbocycles. The zero-order valence-corrected chi connectivity index (χ0v) is 18.7. The Morgan fingerprint density at radius 2 is 1.73 bits per heavy atom. The van der Waals surface area contributed by atoms with E-state index in [1.54, 1.807) is 65.0 Å². The van der Waals surface area contributed by atoms with E-state index in [1.807, 2.05) is 13.0 Å². The number of esters is 1. The van der Waals surface area contributed by atoms with Gasteiger partial charge in [-0.15, -0.1) is 6.58 Å². The maximum Gasteiger partial charge on any atom is 0.408 e. The Morgan fingerprint density at radius 1 is 1.17 bits per heavy atom. The average molecular weight is 420 g/mol. The molecule has 1 N–H and O–H groups in total. The normalized spacial score (nSPS) is 19.8. The van der Waals surface area contributed by atoms with Crippen molar-refractivity contribution in [1.29, 1.82) is 0 Å². The molecule has 7 heteroatoms. The largest absolute Gasteiger partial charge is 0.455 e. The van der Waals surface area contributed by atoms with Crippen LogP contribution >= 0.6 is 0 Å². The van der Waals surface area contributed by atoms with Gasteiger partial charge in [-0.1, -0.05) is 31.2 Å². The van der Waals surface area contributed by atoms with Gasteiger partial charge >= 0.3 is 12.1 Å². The van der Waals surface area contributed by atoms with Gasteiger partial charge in [-0.25, -0.2) is 9.59 Å². The summed E-state index contributed by atoms with van der Waals surface area (Å²) in [5.41, 5.74) is -1.44. The molecule has 0 aliphatic carbocycles. The number of hydrogen-bond acceptors (Lipinski definition) is 6. The highest BCUT2D eigenvalue weighted by atomic mass is 16.7. The quantitative estimate of drug-likeness (QED) is 0.553. The summed E-state index contributed by atoms with van der Waals surface area (Å²) in [6.45, 7) is 14.7. The smallest absolute Gasteiger partial charge is 0.408 e. The van der Waals surface area contributed by atoms with Gasteiger partial charge in [-0.05, 0) is 46.8 Å². The molecular weight excluding hydrogens is 386 g/mol. The number of carbonyl (C=O) groups is 2. The molecule has 0 saturated carbocycles. The van der Waals surface area contributed by atoms with Gasteiger partial charge in [-0.3, -0.25) is 0 Å². The summed E-state index contributed by atoms with van der Waals surface area (Å²) in [5.74, 6) is -1.64. The molecule has 1 aliphatic rings. The predicted octanol–water partition coefficient (Wildman–Crippen LogP) is 4.08. The van der Waals surface area contributed by atoms with Crippen molar-refractivity contribution >= 4 is 12.1 Å². The minimum Gasteiger partial charge on any atom is -0.455 e. The SMILES string of the molecule is C=C[C@H](C)[C@H](OC(=O)c1ccccc1)C1(NC(=O)OC(C)(C)C)COC(C)(C)OC1. The molecule has 30 heavy (non-hydrogen) atoms. The van der Waals surface area contributed by atoms with Crippen LogP contribution in [0.5, 0.6) is 0 Å². The van der Waals surface area contributed by atoms with Crippen LogP contribution in [-0.4, -0.2) is 48.3 Å². The fourth-order valence-corrected chi connectivity index (χ4v) is 3.11. The Hall–Kier alpha value is -2.38. The standard InChI is InChI=1S/C23H33NO6/c1-8-16(2)18(29-19(25)17-12-10-9-11-13-17)23(14-27-22(6,7)28-15-23)24-20(26)30-21(3,4)5/h8-13,16,18H,1,14-15H2,2-7H3,(H,24,26)/t16-,18-/m0/s1. The molecule has 0 bridgehead atoms. The maximum atomic E-state index is 12.8. The van der Waals surface area contributed by atoms with E-state index < -0.39 is 35.1 Å². The van der Waals surface area contributed by atoms with E-state index in [9.17, 15) is 9.59 Å². The molecule has 2 atom stereocenters. The van der Waals surface area contributed by atoms with E-state index in [-0.39, 0.29) is 19.1 Å². The van der Waals surface area contributed by atoms with E-state index in [1.165, 1.54) is 0 Å². The third kappa shape index (κ3) is 6.31. The number of amides is 1. The Labute approximate surface area is 178 Å². The van der Waals surface area contributed by atoms with Crippen molar-refractivity contribution in [3.63, 3.8) is 0 Å². The lowest BCUT2D eigenvalue weighted by molar-refractivity contribution is -0.282. The summed E-state index contributed by atoms with van der Waals surface area (Å²) in [7, 11) is 0. The van der Waals surface area contributed by atoms with Crippen LogP contribution in [0.3, 0.4) is 0 Å². The molecule has 1 aromatic rings. The molecule has 7 nitrogen and oxygen atoms in total. The van der Waals surface area contributed by atoms with Crippen molar-refractivity contribution in [2.75, 3.05) is 13.2 Å². The van der Waals surface area contributed by atoms with E-state index in [0.717, 1.165) is 0 Å². The highest BCUT2D eigenvalue weighted by Crippen LogP contribution is 2.32. The van der Waals surface area contributed by atoms with Crippen LogP contribution in [0.4, 0.5) is 4.79 Å². The van der Waals surface area contributed by atoms with Crippen molar-refractivity contribution in [2.45, 2.75) is 64.6 Å². The fourth-order valence-electron chi connectivity index (χ4n) is 3.11. The first kappa shape index (κ1) is 23.9. The van der Waals surface area contributed by atoms with Crippen LogP contribution in [0, 0.1) is 5.92 Å². The van der Waals surface area contributed by atoms with E-state index in [0.29, 0.717) is 5.56 Å². The van der Waals surface area contributed by atoms with E-state index in [2.05, 4.69) is 11.9 Å². The molecule has 0 aromatic heterocycles. The summed E-state index contributed by atoms with van der Waals surface area (Å²) in [6.07, 6.45) is 0.221. The molecule has 1 fully saturated rings. The number of ether oxygens (including phenoxy) is 4. The lowest BCUT2D eigenvalue weighted by Gasteiger charge is -2.48. The third-order valence-electron chi connectivity index (χ3n) is 4.74.